The van der Waals surface area contributed by atoms with Crippen LogP contribution in [0.3, 0.4) is 0 Å². The molecule has 2 nitrogen and oxygen atoms in total. The van der Waals surface area contributed by atoms with Crippen LogP contribution in [0.25, 0.3) is 4.98 Å². The SMILES string of the molecule is C=CC[N+]#N.[F-]. The molecule has 0 bridgehead atoms. The normalized spacial score (nSPS) is 4.50. The summed E-state index contributed by atoms with van der Waals surface area (Å²) >= 11 is 0. The van der Waals surface area contributed by atoms with Gasteiger partial charge in [0.2, 0.25) is 5.39 Å². The minimum absolute atomic E-state index is 0. The van der Waals surface area contributed by atoms with E-state index in [1.165, 1.54) is 6.08 Å². The summed E-state index contributed by atoms with van der Waals surface area (Å²) in [5.74, 6) is 0. The molecule has 0 atom stereocenters. The molecule has 0 aromatic rings. The molecule has 3 heteroatoms. The average molecular weight is 88.1 g/mol. The van der Waals surface area contributed by atoms with Crippen molar-refractivity contribution in [2.45, 2.75) is 0 Å². The minimum atomic E-state index is 0. The molecule has 0 aliphatic rings. The molecule has 0 aliphatic heterocycles. The van der Waals surface area contributed by atoms with Crippen molar-refractivity contribution in [3.05, 3.63) is 17.6 Å². The molecule has 0 amide bonds. The molecule has 0 aliphatic carbocycles. The van der Waals surface area contributed by atoms with Crippen LogP contribution in [0.15, 0.2) is 12.7 Å². The molecule has 34 valence electrons. The molecular formula is C3H5FN2. The highest BCUT2D eigenvalue weighted by molar-refractivity contribution is 4.75. The largest absolute Gasteiger partial charge is 1.00 e. The molecule has 0 unspecified atom stereocenters. The van der Waals surface area contributed by atoms with Gasteiger partial charge in [0.15, 0.2) is 0 Å². The zero-order chi connectivity index (χ0) is 4.12. The van der Waals surface area contributed by atoms with Gasteiger partial charge in [-0.2, -0.15) is 0 Å². The Morgan fingerprint density at radius 1 is 1.83 bits per heavy atom. The van der Waals surface area contributed by atoms with Crippen molar-refractivity contribution in [2.75, 3.05) is 6.54 Å². The molecule has 0 radical (unpaired) electrons. The third-order valence-electron chi connectivity index (χ3n) is 0.211. The van der Waals surface area contributed by atoms with E-state index in [9.17, 15) is 0 Å². The second kappa shape index (κ2) is 8.94. The van der Waals surface area contributed by atoms with Crippen molar-refractivity contribution in [3.63, 3.8) is 0 Å². The van der Waals surface area contributed by atoms with E-state index in [0.29, 0.717) is 6.54 Å². The van der Waals surface area contributed by atoms with Crippen LogP contribution < -0.4 is 4.70 Å². The average Bonchev–Trinajstić information content (AvgIpc) is 1.41. The lowest BCUT2D eigenvalue weighted by molar-refractivity contribution is -0.00000134. The van der Waals surface area contributed by atoms with E-state index in [1.54, 1.807) is 0 Å². The van der Waals surface area contributed by atoms with Crippen LogP contribution in [0, 0.1) is 5.39 Å². The summed E-state index contributed by atoms with van der Waals surface area (Å²) in [7, 11) is 0. The highest BCUT2D eigenvalue weighted by Crippen LogP contribution is 1.61. The Balaban J connectivity index is 0. The van der Waals surface area contributed by atoms with Gasteiger partial charge in [-0.25, -0.2) is 0 Å². The van der Waals surface area contributed by atoms with Gasteiger partial charge in [0, 0.05) is 0 Å². The Hall–Kier alpha value is -0.910. The van der Waals surface area contributed by atoms with Crippen LogP contribution in [-0.2, 0) is 0 Å². The van der Waals surface area contributed by atoms with Crippen molar-refractivity contribution in [3.8, 4) is 0 Å². The summed E-state index contributed by atoms with van der Waals surface area (Å²) in [5, 5.41) is 7.62. The van der Waals surface area contributed by atoms with Gasteiger partial charge in [-0.1, -0.05) is 6.58 Å². The summed E-state index contributed by atoms with van der Waals surface area (Å²) in [4.78, 5) is 2.74. The topological polar surface area (TPSA) is 28.1 Å². The lowest BCUT2D eigenvalue weighted by Crippen LogP contribution is -3.00. The third kappa shape index (κ3) is 11.4. The number of nitrogens with zero attached hydrogens (tertiary/aromatic N) is 2. The zero-order valence-electron chi connectivity index (χ0n) is 3.26. The molecule has 0 saturated heterocycles. The maximum absolute atomic E-state index is 7.62. The summed E-state index contributed by atoms with van der Waals surface area (Å²) in [6.45, 7) is 3.63. The molecule has 0 spiro atoms. The quantitative estimate of drug-likeness (QED) is 0.270. The number of halogens is 1. The first kappa shape index (κ1) is 8.92. The molecule has 0 heterocycles. The van der Waals surface area contributed by atoms with Gasteiger partial charge in [-0.15, -0.1) is 0 Å². The minimum Gasteiger partial charge on any atom is -1.00 e. The number of rotatable bonds is 1. The van der Waals surface area contributed by atoms with Gasteiger partial charge in [0.25, 0.3) is 0 Å². The first-order valence-corrected chi connectivity index (χ1v) is 1.33. The van der Waals surface area contributed by atoms with Gasteiger partial charge >= 0.3 is 6.54 Å². The summed E-state index contributed by atoms with van der Waals surface area (Å²) in [6.07, 6.45) is 1.51. The highest BCUT2D eigenvalue weighted by Gasteiger charge is 1.73. The van der Waals surface area contributed by atoms with E-state index >= 15 is 0 Å². The van der Waals surface area contributed by atoms with Crippen molar-refractivity contribution in [1.29, 1.82) is 5.39 Å². The van der Waals surface area contributed by atoms with E-state index < -0.39 is 0 Å². The van der Waals surface area contributed by atoms with Crippen LogP contribution in [0.2, 0.25) is 0 Å². The second-order valence-corrected chi connectivity index (χ2v) is 0.613. The van der Waals surface area contributed by atoms with E-state index in [1.807, 2.05) is 0 Å². The Bertz CT molecular complexity index is 63.7. The summed E-state index contributed by atoms with van der Waals surface area (Å²) < 4.78 is 0. The first-order chi connectivity index (χ1) is 2.41. The van der Waals surface area contributed by atoms with Crippen LogP contribution in [-0.4, -0.2) is 6.54 Å². The van der Waals surface area contributed by atoms with E-state index in [4.69, 9.17) is 5.39 Å². The van der Waals surface area contributed by atoms with Crippen LogP contribution >= 0.6 is 0 Å². The second-order valence-electron chi connectivity index (χ2n) is 0.613. The fourth-order valence-corrected chi connectivity index (χ4v) is 0.0577. The van der Waals surface area contributed by atoms with E-state index in [-0.39, 0.29) is 4.70 Å². The van der Waals surface area contributed by atoms with Crippen LogP contribution in [0.5, 0.6) is 0 Å². The highest BCUT2D eigenvalue weighted by atomic mass is 19.0. The molecule has 6 heavy (non-hydrogen) atoms. The smallest absolute Gasteiger partial charge is 0.323 e. The summed E-state index contributed by atoms with van der Waals surface area (Å²) in [5.41, 5.74) is 0. The van der Waals surface area contributed by atoms with Crippen LogP contribution in [0.1, 0.15) is 0 Å². The van der Waals surface area contributed by atoms with E-state index in [0.717, 1.165) is 0 Å². The predicted molar refractivity (Wildman–Crippen MR) is 20.1 cm³/mol. The lowest BCUT2D eigenvalue weighted by atomic mass is 10.7. The lowest BCUT2D eigenvalue weighted by Gasteiger charge is -1.41. The van der Waals surface area contributed by atoms with E-state index in [2.05, 4.69) is 11.6 Å². The maximum Gasteiger partial charge on any atom is 0.323 e. The molecule has 0 N–H and O–H groups in total. The monoisotopic (exact) mass is 88.0 g/mol. The molecule has 0 aromatic heterocycles. The van der Waals surface area contributed by atoms with Crippen molar-refractivity contribution in [1.82, 2.24) is 0 Å². The fraction of sp³-hybridized carbons (Fsp3) is 0.333. The molecule has 0 aromatic carbocycles. The molecule has 0 saturated carbocycles. The van der Waals surface area contributed by atoms with Crippen molar-refractivity contribution < 1.29 is 4.70 Å². The Kier molecular flexibility index (Phi) is 13.3. The predicted octanol–water partition coefficient (Wildman–Crippen LogP) is -1.97. The Labute approximate surface area is 35.5 Å². The van der Waals surface area contributed by atoms with Crippen molar-refractivity contribution in [2.24, 2.45) is 0 Å². The van der Waals surface area contributed by atoms with Gasteiger partial charge in [-0.3, -0.25) is 0 Å². The van der Waals surface area contributed by atoms with Crippen LogP contribution in [0.4, 0.5) is 0 Å². The molecular weight excluding hydrogens is 83.0 g/mol. The van der Waals surface area contributed by atoms with Crippen molar-refractivity contribution >= 4 is 0 Å². The fourth-order valence-electron chi connectivity index (χ4n) is 0.0577. The van der Waals surface area contributed by atoms with Gasteiger partial charge in [0.1, 0.15) is 4.98 Å². The Morgan fingerprint density at radius 2 is 2.33 bits per heavy atom. The standard InChI is InChI=1S/C3H5N2.FH/c1-2-3-5-4;/h2H,1,3H2;1H/q+1;/p-1. The molecule has 0 rings (SSSR count). The number of hydrogen-bond acceptors (Lipinski definition) is 1. The maximum atomic E-state index is 7.62. The number of hydrogen-bond donors (Lipinski definition) is 0. The van der Waals surface area contributed by atoms with Gasteiger partial charge < -0.3 is 4.70 Å². The van der Waals surface area contributed by atoms with Gasteiger partial charge in [0.05, 0.1) is 0 Å². The third-order valence-corrected chi connectivity index (χ3v) is 0.211. The summed E-state index contributed by atoms with van der Waals surface area (Å²) in [6, 6.07) is 0. The zero-order valence-corrected chi connectivity index (χ0v) is 3.26. The first-order valence-electron chi connectivity index (χ1n) is 1.33. The number of diazo groups is 1. The molecule has 0 fully saturated rings. The van der Waals surface area contributed by atoms with Gasteiger partial charge in [-0.05, 0) is 6.08 Å². The Morgan fingerprint density at radius 3 is 2.33 bits per heavy atom.